The fraction of sp³-hybridized carbons (Fsp3) is 0.667. The van der Waals surface area contributed by atoms with Gasteiger partial charge in [-0.25, -0.2) is 0 Å². The summed E-state index contributed by atoms with van der Waals surface area (Å²) in [5.74, 6) is -2.75. The second-order valence-corrected chi connectivity index (χ2v) is 3.62. The summed E-state index contributed by atoms with van der Waals surface area (Å²) >= 11 is 0. The molecule has 1 fully saturated rings. The van der Waals surface area contributed by atoms with Crippen LogP contribution in [0.5, 0.6) is 0 Å². The summed E-state index contributed by atoms with van der Waals surface area (Å²) in [6, 6.07) is -1.16. The Morgan fingerprint density at radius 1 is 1.50 bits per heavy atom. The highest BCUT2D eigenvalue weighted by Crippen LogP contribution is 2.12. The number of nitrogens with one attached hydrogen (secondary N) is 1. The Hall–Kier alpha value is -1.63. The Labute approximate surface area is 91.9 Å². The van der Waals surface area contributed by atoms with Crippen molar-refractivity contribution in [3.8, 4) is 0 Å². The number of aliphatic carboxylic acids is 1. The first-order chi connectivity index (χ1) is 7.50. The molecule has 0 unspecified atom stereocenters. The highest BCUT2D eigenvalue weighted by Gasteiger charge is 2.28. The number of carboxylic acids is 1. The zero-order chi connectivity index (χ0) is 12.1. The standard InChI is InChI=1S/C9H14N2O5/c10-8(14)6(3-7(12)13)11-9(15)5-1-2-16-4-5/h5-6H,1-4H2,(H2,10,14)(H,11,15)(H,12,13)/t5-,6+/m1/s1. The maximum atomic E-state index is 11.5. The minimum absolute atomic E-state index is 0.296. The van der Waals surface area contributed by atoms with Gasteiger partial charge in [0.2, 0.25) is 11.8 Å². The zero-order valence-corrected chi connectivity index (χ0v) is 8.64. The molecule has 2 atom stereocenters. The molecule has 0 saturated carbocycles. The molecule has 4 N–H and O–H groups in total. The third kappa shape index (κ3) is 3.50. The molecule has 1 saturated heterocycles. The predicted octanol–water partition coefficient (Wildman–Crippen LogP) is -1.53. The van der Waals surface area contributed by atoms with E-state index in [1.807, 2.05) is 0 Å². The third-order valence-corrected chi connectivity index (χ3v) is 2.34. The van der Waals surface area contributed by atoms with Crippen LogP contribution in [0.4, 0.5) is 0 Å². The first-order valence-corrected chi connectivity index (χ1v) is 4.90. The number of amides is 2. The van der Waals surface area contributed by atoms with E-state index in [4.69, 9.17) is 15.6 Å². The number of carbonyl (C=O) groups is 3. The molecule has 1 aliphatic rings. The number of hydrogen-bond acceptors (Lipinski definition) is 4. The molecule has 1 rings (SSSR count). The fourth-order valence-electron chi connectivity index (χ4n) is 1.43. The van der Waals surface area contributed by atoms with Gasteiger partial charge in [-0.1, -0.05) is 0 Å². The Balaban J connectivity index is 2.50. The van der Waals surface area contributed by atoms with Crippen LogP contribution in [0.1, 0.15) is 12.8 Å². The van der Waals surface area contributed by atoms with Gasteiger partial charge in [0.1, 0.15) is 6.04 Å². The molecule has 0 aliphatic carbocycles. The molecular weight excluding hydrogens is 216 g/mol. The highest BCUT2D eigenvalue weighted by molar-refractivity contribution is 5.90. The Morgan fingerprint density at radius 3 is 2.62 bits per heavy atom. The van der Waals surface area contributed by atoms with Crippen LogP contribution in [0.2, 0.25) is 0 Å². The van der Waals surface area contributed by atoms with Crippen molar-refractivity contribution in [2.75, 3.05) is 13.2 Å². The Kier molecular flexibility index (Phi) is 4.24. The summed E-state index contributed by atoms with van der Waals surface area (Å²) < 4.78 is 5.01. The van der Waals surface area contributed by atoms with Crippen molar-refractivity contribution in [1.82, 2.24) is 5.32 Å². The molecule has 0 radical (unpaired) electrons. The van der Waals surface area contributed by atoms with Crippen molar-refractivity contribution in [1.29, 1.82) is 0 Å². The van der Waals surface area contributed by atoms with E-state index >= 15 is 0 Å². The van der Waals surface area contributed by atoms with Crippen molar-refractivity contribution in [3.05, 3.63) is 0 Å². The minimum atomic E-state index is -1.19. The molecule has 7 nitrogen and oxygen atoms in total. The number of rotatable bonds is 5. The average molecular weight is 230 g/mol. The van der Waals surface area contributed by atoms with Gasteiger partial charge >= 0.3 is 5.97 Å². The molecule has 16 heavy (non-hydrogen) atoms. The smallest absolute Gasteiger partial charge is 0.305 e. The molecule has 0 spiro atoms. The first kappa shape index (κ1) is 12.4. The lowest BCUT2D eigenvalue weighted by molar-refractivity contribution is -0.140. The minimum Gasteiger partial charge on any atom is -0.481 e. The normalized spacial score (nSPS) is 21.4. The van der Waals surface area contributed by atoms with Gasteiger partial charge in [0.05, 0.1) is 18.9 Å². The average Bonchev–Trinajstić information content (AvgIpc) is 2.68. The van der Waals surface area contributed by atoms with Gasteiger partial charge in [-0.3, -0.25) is 14.4 Å². The highest BCUT2D eigenvalue weighted by atomic mass is 16.5. The van der Waals surface area contributed by atoms with Crippen LogP contribution in [0.25, 0.3) is 0 Å². The SMILES string of the molecule is NC(=O)[C@H](CC(=O)O)NC(=O)[C@@H]1CCOC1. The molecule has 0 bridgehead atoms. The largest absolute Gasteiger partial charge is 0.481 e. The third-order valence-electron chi connectivity index (χ3n) is 2.34. The van der Waals surface area contributed by atoms with Crippen LogP contribution in [-0.2, 0) is 19.1 Å². The lowest BCUT2D eigenvalue weighted by Crippen LogP contribution is -2.47. The second kappa shape index (κ2) is 5.45. The van der Waals surface area contributed by atoms with Gasteiger partial charge in [-0.05, 0) is 6.42 Å². The molecule has 1 aliphatic heterocycles. The number of carboxylic acid groups (broad SMARTS) is 1. The first-order valence-electron chi connectivity index (χ1n) is 4.90. The Bertz CT molecular complexity index is 298. The molecule has 90 valence electrons. The van der Waals surface area contributed by atoms with E-state index in [1.165, 1.54) is 0 Å². The molecule has 7 heteroatoms. The summed E-state index contributed by atoms with van der Waals surface area (Å²) in [5.41, 5.74) is 4.98. The number of hydrogen-bond donors (Lipinski definition) is 3. The van der Waals surface area contributed by atoms with Crippen LogP contribution in [-0.4, -0.2) is 42.1 Å². The van der Waals surface area contributed by atoms with E-state index in [2.05, 4.69) is 5.32 Å². The molecule has 2 amide bonds. The molecule has 0 aromatic rings. The van der Waals surface area contributed by atoms with E-state index in [9.17, 15) is 14.4 Å². The van der Waals surface area contributed by atoms with Crippen molar-refractivity contribution in [2.45, 2.75) is 18.9 Å². The van der Waals surface area contributed by atoms with Crippen molar-refractivity contribution >= 4 is 17.8 Å². The predicted molar refractivity (Wildman–Crippen MR) is 52.3 cm³/mol. The lowest BCUT2D eigenvalue weighted by atomic mass is 10.1. The lowest BCUT2D eigenvalue weighted by Gasteiger charge is -2.15. The summed E-state index contributed by atoms with van der Waals surface area (Å²) in [7, 11) is 0. The van der Waals surface area contributed by atoms with E-state index in [-0.39, 0.29) is 11.8 Å². The van der Waals surface area contributed by atoms with Crippen molar-refractivity contribution in [3.63, 3.8) is 0 Å². The number of carbonyl (C=O) groups excluding carboxylic acids is 2. The summed E-state index contributed by atoms with van der Waals surface area (Å²) in [6.07, 6.45) is 0.0685. The molecule has 0 aromatic carbocycles. The van der Waals surface area contributed by atoms with Gasteiger partial charge < -0.3 is 20.9 Å². The Morgan fingerprint density at radius 2 is 2.19 bits per heavy atom. The molecular formula is C9H14N2O5. The van der Waals surface area contributed by atoms with Crippen LogP contribution in [0.3, 0.4) is 0 Å². The molecule has 0 aromatic heterocycles. The van der Waals surface area contributed by atoms with E-state index in [1.54, 1.807) is 0 Å². The van der Waals surface area contributed by atoms with Gasteiger partial charge in [0.25, 0.3) is 0 Å². The van der Waals surface area contributed by atoms with Crippen LogP contribution >= 0.6 is 0 Å². The summed E-state index contributed by atoms with van der Waals surface area (Å²) in [6.45, 7) is 0.794. The number of nitrogens with two attached hydrogens (primary N) is 1. The summed E-state index contributed by atoms with van der Waals surface area (Å²) in [4.78, 5) is 32.9. The monoisotopic (exact) mass is 230 g/mol. The number of ether oxygens (including phenoxy) is 1. The van der Waals surface area contributed by atoms with Crippen molar-refractivity contribution in [2.24, 2.45) is 11.7 Å². The maximum absolute atomic E-state index is 11.5. The second-order valence-electron chi connectivity index (χ2n) is 3.62. The van der Waals surface area contributed by atoms with Crippen LogP contribution in [0.15, 0.2) is 0 Å². The van der Waals surface area contributed by atoms with E-state index in [0.717, 1.165) is 0 Å². The van der Waals surface area contributed by atoms with Crippen LogP contribution < -0.4 is 11.1 Å². The topological polar surface area (TPSA) is 119 Å². The van der Waals surface area contributed by atoms with Gasteiger partial charge in [-0.15, -0.1) is 0 Å². The summed E-state index contributed by atoms with van der Waals surface area (Å²) in [5, 5.41) is 10.8. The van der Waals surface area contributed by atoms with Gasteiger partial charge in [0, 0.05) is 6.61 Å². The number of primary amides is 1. The quantitative estimate of drug-likeness (QED) is 0.529. The van der Waals surface area contributed by atoms with Crippen LogP contribution in [0, 0.1) is 5.92 Å². The van der Waals surface area contributed by atoms with Gasteiger partial charge in [-0.2, -0.15) is 0 Å². The van der Waals surface area contributed by atoms with E-state index < -0.39 is 24.3 Å². The van der Waals surface area contributed by atoms with Gasteiger partial charge in [0.15, 0.2) is 0 Å². The fourth-order valence-corrected chi connectivity index (χ4v) is 1.43. The van der Waals surface area contributed by atoms with Crippen molar-refractivity contribution < 1.29 is 24.2 Å². The molecule has 1 heterocycles. The maximum Gasteiger partial charge on any atom is 0.305 e. The zero-order valence-electron chi connectivity index (χ0n) is 8.64. The van der Waals surface area contributed by atoms with E-state index in [0.29, 0.717) is 19.6 Å².